The minimum atomic E-state index is -0.932. The van der Waals surface area contributed by atoms with Crippen LogP contribution in [-0.2, 0) is 0 Å². The Balaban J connectivity index is 2.93. The van der Waals surface area contributed by atoms with Crippen molar-refractivity contribution in [2.75, 3.05) is 0 Å². The molecule has 0 saturated carbocycles. The van der Waals surface area contributed by atoms with E-state index >= 15 is 0 Å². The molecule has 2 aromatic heterocycles. The molecule has 0 unspecified atom stereocenters. The van der Waals surface area contributed by atoms with Gasteiger partial charge in [0.2, 0.25) is 0 Å². The molecular formula is C11H12N2O2. The Hall–Kier alpha value is -1.84. The van der Waals surface area contributed by atoms with Crippen LogP contribution in [0.5, 0.6) is 0 Å². The highest BCUT2D eigenvalue weighted by Gasteiger charge is 2.15. The fourth-order valence-electron chi connectivity index (χ4n) is 1.90. The third kappa shape index (κ3) is 1.38. The van der Waals surface area contributed by atoms with Gasteiger partial charge in [0.15, 0.2) is 5.65 Å². The lowest BCUT2D eigenvalue weighted by Crippen LogP contribution is -2.01. The van der Waals surface area contributed by atoms with E-state index in [0.717, 1.165) is 17.1 Å². The Morgan fingerprint density at radius 2 is 1.87 bits per heavy atom. The van der Waals surface area contributed by atoms with Crippen molar-refractivity contribution < 1.29 is 9.90 Å². The molecule has 4 nitrogen and oxygen atoms in total. The van der Waals surface area contributed by atoms with Crippen LogP contribution in [0, 0.1) is 20.8 Å². The Kier molecular flexibility index (Phi) is 2.00. The van der Waals surface area contributed by atoms with E-state index in [-0.39, 0.29) is 5.56 Å². The van der Waals surface area contributed by atoms with Gasteiger partial charge in [0, 0.05) is 17.1 Å². The molecule has 0 aromatic carbocycles. The molecule has 2 rings (SSSR count). The average Bonchev–Trinajstić information content (AvgIpc) is 2.42. The molecule has 15 heavy (non-hydrogen) atoms. The van der Waals surface area contributed by atoms with Gasteiger partial charge >= 0.3 is 5.97 Å². The third-order valence-electron chi connectivity index (χ3n) is 2.44. The van der Waals surface area contributed by atoms with Crippen LogP contribution in [0.25, 0.3) is 5.65 Å². The summed E-state index contributed by atoms with van der Waals surface area (Å²) in [6.07, 6.45) is 0. The summed E-state index contributed by atoms with van der Waals surface area (Å²) < 4.78 is 1.86. The molecule has 4 heteroatoms. The van der Waals surface area contributed by atoms with E-state index in [1.165, 1.54) is 0 Å². The third-order valence-corrected chi connectivity index (χ3v) is 2.44. The van der Waals surface area contributed by atoms with Gasteiger partial charge in [-0.15, -0.1) is 0 Å². The van der Waals surface area contributed by atoms with Crippen molar-refractivity contribution in [3.63, 3.8) is 0 Å². The summed E-state index contributed by atoms with van der Waals surface area (Å²) in [5.74, 6) is -0.932. The first kappa shape index (κ1) is 9.71. The molecule has 1 N–H and O–H groups in total. The molecule has 0 amide bonds. The fraction of sp³-hybridized carbons (Fsp3) is 0.273. The van der Waals surface area contributed by atoms with Gasteiger partial charge in [-0.25, -0.2) is 9.78 Å². The summed E-state index contributed by atoms with van der Waals surface area (Å²) in [7, 11) is 0. The van der Waals surface area contributed by atoms with E-state index in [9.17, 15) is 4.79 Å². The highest BCUT2D eigenvalue weighted by atomic mass is 16.4. The van der Waals surface area contributed by atoms with Gasteiger partial charge in [0.25, 0.3) is 0 Å². The topological polar surface area (TPSA) is 54.6 Å². The summed E-state index contributed by atoms with van der Waals surface area (Å²) >= 11 is 0. The maximum atomic E-state index is 11.0. The van der Waals surface area contributed by atoms with Gasteiger partial charge in [0.05, 0.1) is 0 Å². The molecule has 0 aliphatic rings. The van der Waals surface area contributed by atoms with Crippen molar-refractivity contribution in [3.05, 3.63) is 34.8 Å². The van der Waals surface area contributed by atoms with Crippen LogP contribution in [0.3, 0.4) is 0 Å². The number of hydrogen-bond donors (Lipinski definition) is 1. The van der Waals surface area contributed by atoms with Crippen LogP contribution in [-0.4, -0.2) is 20.5 Å². The molecule has 0 fully saturated rings. The molecule has 0 saturated heterocycles. The largest absolute Gasteiger partial charge is 0.478 e. The number of fused-ring (bicyclic) bond motifs is 1. The Morgan fingerprint density at radius 1 is 1.27 bits per heavy atom. The number of carbonyl (C=O) groups is 1. The van der Waals surface area contributed by atoms with E-state index in [0.29, 0.717) is 5.65 Å². The molecule has 0 atom stereocenters. The van der Waals surface area contributed by atoms with Crippen molar-refractivity contribution in [2.45, 2.75) is 20.8 Å². The number of carboxylic acids is 1. The van der Waals surface area contributed by atoms with E-state index in [2.05, 4.69) is 4.98 Å². The van der Waals surface area contributed by atoms with Crippen molar-refractivity contribution in [1.29, 1.82) is 0 Å². The molecule has 0 radical (unpaired) electrons. The highest BCUT2D eigenvalue weighted by molar-refractivity contribution is 5.95. The highest BCUT2D eigenvalue weighted by Crippen LogP contribution is 2.17. The summed E-state index contributed by atoms with van der Waals surface area (Å²) in [4.78, 5) is 15.3. The molecule has 2 aromatic rings. The lowest BCUT2D eigenvalue weighted by Gasteiger charge is -2.04. The minimum absolute atomic E-state index is 0.263. The van der Waals surface area contributed by atoms with Crippen LogP contribution in [0.1, 0.15) is 27.4 Å². The van der Waals surface area contributed by atoms with Crippen molar-refractivity contribution >= 4 is 11.6 Å². The smallest absolute Gasteiger partial charge is 0.339 e. The molecule has 2 heterocycles. The summed E-state index contributed by atoms with van der Waals surface area (Å²) in [5.41, 5.74) is 3.52. The summed E-state index contributed by atoms with van der Waals surface area (Å²) in [5, 5.41) is 9.02. The van der Waals surface area contributed by atoms with Crippen molar-refractivity contribution in [3.8, 4) is 0 Å². The number of nitrogens with zero attached hydrogens (tertiary/aromatic N) is 2. The Morgan fingerprint density at radius 3 is 2.47 bits per heavy atom. The zero-order valence-corrected chi connectivity index (χ0v) is 8.90. The second kappa shape index (κ2) is 3.08. The van der Waals surface area contributed by atoms with Crippen molar-refractivity contribution in [2.24, 2.45) is 0 Å². The molecule has 0 aliphatic heterocycles. The maximum absolute atomic E-state index is 11.0. The first-order chi connectivity index (χ1) is 7.00. The van der Waals surface area contributed by atoms with E-state index in [1.54, 1.807) is 6.07 Å². The number of hydrogen-bond acceptors (Lipinski definition) is 2. The molecule has 0 spiro atoms. The van der Waals surface area contributed by atoms with Crippen LogP contribution < -0.4 is 0 Å². The van der Waals surface area contributed by atoms with Crippen LogP contribution in [0.2, 0.25) is 0 Å². The lowest BCUT2D eigenvalue weighted by molar-refractivity contribution is 0.0699. The lowest BCUT2D eigenvalue weighted by atomic mass is 10.3. The monoisotopic (exact) mass is 204 g/mol. The summed E-state index contributed by atoms with van der Waals surface area (Å²) in [6.45, 7) is 5.69. The molecular weight excluding hydrogens is 192 g/mol. The van der Waals surface area contributed by atoms with Crippen LogP contribution in [0.15, 0.2) is 12.1 Å². The predicted octanol–water partition coefficient (Wildman–Crippen LogP) is 1.96. The SMILES string of the molecule is Cc1cc(C)n2c(C)cc(C(=O)O)c2n1. The average molecular weight is 204 g/mol. The van der Waals surface area contributed by atoms with Crippen molar-refractivity contribution in [1.82, 2.24) is 9.38 Å². The van der Waals surface area contributed by atoms with Gasteiger partial charge in [-0.2, -0.15) is 0 Å². The van der Waals surface area contributed by atoms with Crippen LogP contribution in [0.4, 0.5) is 0 Å². The number of aromatic nitrogens is 2. The normalized spacial score (nSPS) is 10.9. The Bertz CT molecular complexity index is 555. The zero-order valence-electron chi connectivity index (χ0n) is 8.90. The molecule has 0 bridgehead atoms. The van der Waals surface area contributed by atoms with E-state index in [1.807, 2.05) is 31.2 Å². The first-order valence-corrected chi connectivity index (χ1v) is 4.70. The molecule has 0 aliphatic carbocycles. The van der Waals surface area contributed by atoms with Gasteiger partial charge < -0.3 is 9.51 Å². The number of carboxylic acid groups (broad SMARTS) is 1. The second-order valence-corrected chi connectivity index (χ2v) is 3.70. The summed E-state index contributed by atoms with van der Waals surface area (Å²) in [6, 6.07) is 3.59. The number of aromatic carboxylic acids is 1. The van der Waals surface area contributed by atoms with Gasteiger partial charge in [-0.3, -0.25) is 0 Å². The van der Waals surface area contributed by atoms with Gasteiger partial charge in [0.1, 0.15) is 5.56 Å². The first-order valence-electron chi connectivity index (χ1n) is 4.70. The second-order valence-electron chi connectivity index (χ2n) is 3.70. The molecule has 78 valence electrons. The zero-order chi connectivity index (χ0) is 11.2. The van der Waals surface area contributed by atoms with E-state index in [4.69, 9.17) is 5.11 Å². The standard InChI is InChI=1S/C11H12N2O2/c1-6-4-7(2)13-8(3)5-9(11(14)15)10(13)12-6/h4-5H,1-3H3,(H,14,15). The maximum Gasteiger partial charge on any atom is 0.339 e. The predicted molar refractivity (Wildman–Crippen MR) is 56.4 cm³/mol. The van der Waals surface area contributed by atoms with E-state index < -0.39 is 5.97 Å². The number of rotatable bonds is 1. The minimum Gasteiger partial charge on any atom is -0.478 e. The van der Waals surface area contributed by atoms with Crippen LogP contribution >= 0.6 is 0 Å². The van der Waals surface area contributed by atoms with Gasteiger partial charge in [-0.05, 0) is 32.9 Å². The quantitative estimate of drug-likeness (QED) is 0.772. The van der Waals surface area contributed by atoms with Gasteiger partial charge in [-0.1, -0.05) is 0 Å². The Labute approximate surface area is 87.2 Å². The fourth-order valence-corrected chi connectivity index (χ4v) is 1.90. The number of aryl methyl sites for hydroxylation is 3.